The molecule has 0 aliphatic carbocycles. The van der Waals surface area contributed by atoms with Gasteiger partial charge < -0.3 is 25.8 Å². The van der Waals surface area contributed by atoms with E-state index >= 15 is 0 Å². The largest absolute Gasteiger partial charge is 0.371 e. The first kappa shape index (κ1) is 24.9. The highest BCUT2D eigenvalue weighted by atomic mass is 16.2. The number of rotatable bonds is 9. The van der Waals surface area contributed by atoms with Crippen LogP contribution in [0.15, 0.2) is 24.3 Å². The Labute approximate surface area is 197 Å². The molecule has 3 rings (SSSR count). The lowest BCUT2D eigenvalue weighted by Gasteiger charge is -2.33. The average molecular weight is 458 g/mol. The van der Waals surface area contributed by atoms with Crippen molar-refractivity contribution >= 4 is 29.2 Å². The predicted molar refractivity (Wildman–Crippen MR) is 131 cm³/mol. The van der Waals surface area contributed by atoms with Gasteiger partial charge in [-0.05, 0) is 63.1 Å². The standard InChI is InChI=1S/C25H39N5O3/c1-3-8-23(31)26-17-20-9-7-14-30(18-20)25(33)27-19(2)15-24(32)28-21-10-6-11-22(16-21)29-12-4-5-13-29/h6,10-11,16,19-20H,3-5,7-9,12-15,17-18H2,1-2H3,(H,26,31)(H,27,33)(H,28,32). The van der Waals surface area contributed by atoms with Gasteiger partial charge in [-0.1, -0.05) is 13.0 Å². The van der Waals surface area contributed by atoms with Crippen LogP contribution in [0.2, 0.25) is 0 Å². The number of carbonyl (C=O) groups is 3. The van der Waals surface area contributed by atoms with Gasteiger partial charge in [0, 0.05) is 63.0 Å². The third-order valence-electron chi connectivity index (χ3n) is 6.33. The monoisotopic (exact) mass is 457 g/mol. The van der Waals surface area contributed by atoms with Crippen molar-refractivity contribution in [2.45, 2.75) is 64.8 Å². The fourth-order valence-corrected chi connectivity index (χ4v) is 4.59. The van der Waals surface area contributed by atoms with E-state index in [0.717, 1.165) is 43.7 Å². The van der Waals surface area contributed by atoms with Crippen LogP contribution in [0.5, 0.6) is 0 Å². The summed E-state index contributed by atoms with van der Waals surface area (Å²) in [5, 5.41) is 8.89. The van der Waals surface area contributed by atoms with Crippen molar-refractivity contribution < 1.29 is 14.4 Å². The molecule has 2 aliphatic rings. The molecule has 0 spiro atoms. The molecule has 0 aromatic heterocycles. The smallest absolute Gasteiger partial charge is 0.317 e. The van der Waals surface area contributed by atoms with Crippen molar-refractivity contribution in [3.05, 3.63) is 24.3 Å². The summed E-state index contributed by atoms with van der Waals surface area (Å²) in [6.07, 6.45) is 5.93. The van der Waals surface area contributed by atoms with Gasteiger partial charge in [-0.3, -0.25) is 9.59 Å². The molecule has 2 atom stereocenters. The third kappa shape index (κ3) is 7.94. The molecule has 8 nitrogen and oxygen atoms in total. The minimum atomic E-state index is -0.274. The summed E-state index contributed by atoms with van der Waals surface area (Å²) >= 11 is 0. The van der Waals surface area contributed by atoms with Crippen molar-refractivity contribution in [1.82, 2.24) is 15.5 Å². The van der Waals surface area contributed by atoms with Crippen LogP contribution in [-0.2, 0) is 9.59 Å². The molecule has 33 heavy (non-hydrogen) atoms. The fraction of sp³-hybridized carbons (Fsp3) is 0.640. The summed E-state index contributed by atoms with van der Waals surface area (Å²) in [6.45, 7) is 7.89. The quantitative estimate of drug-likeness (QED) is 0.530. The van der Waals surface area contributed by atoms with Gasteiger partial charge in [0.25, 0.3) is 0 Å². The second-order valence-electron chi connectivity index (χ2n) is 9.36. The van der Waals surface area contributed by atoms with Crippen LogP contribution in [0.4, 0.5) is 16.2 Å². The highest BCUT2D eigenvalue weighted by Gasteiger charge is 2.25. The number of nitrogens with zero attached hydrogens (tertiary/aromatic N) is 2. The Morgan fingerprint density at radius 2 is 1.88 bits per heavy atom. The summed E-state index contributed by atoms with van der Waals surface area (Å²) in [5.41, 5.74) is 1.92. The number of anilines is 2. The number of piperidine rings is 1. The molecule has 182 valence electrons. The Morgan fingerprint density at radius 1 is 1.09 bits per heavy atom. The van der Waals surface area contributed by atoms with Gasteiger partial charge in [-0.25, -0.2) is 4.79 Å². The first-order valence-electron chi connectivity index (χ1n) is 12.4. The van der Waals surface area contributed by atoms with Gasteiger partial charge in [-0.15, -0.1) is 0 Å². The fourth-order valence-electron chi connectivity index (χ4n) is 4.59. The van der Waals surface area contributed by atoms with Crippen LogP contribution in [-0.4, -0.2) is 61.5 Å². The van der Waals surface area contributed by atoms with E-state index in [4.69, 9.17) is 0 Å². The topological polar surface area (TPSA) is 93.8 Å². The van der Waals surface area contributed by atoms with E-state index in [9.17, 15) is 14.4 Å². The van der Waals surface area contributed by atoms with Crippen LogP contribution in [0.25, 0.3) is 0 Å². The number of benzene rings is 1. The Morgan fingerprint density at radius 3 is 2.64 bits per heavy atom. The maximum absolute atomic E-state index is 12.7. The van der Waals surface area contributed by atoms with Crippen LogP contribution < -0.4 is 20.9 Å². The van der Waals surface area contributed by atoms with Crippen molar-refractivity contribution in [1.29, 1.82) is 0 Å². The Balaban J connectivity index is 1.41. The molecule has 0 saturated carbocycles. The highest BCUT2D eigenvalue weighted by Crippen LogP contribution is 2.23. The van der Waals surface area contributed by atoms with Crippen molar-refractivity contribution in [3.8, 4) is 0 Å². The Kier molecular flexibility index (Phi) is 9.39. The van der Waals surface area contributed by atoms with E-state index in [1.54, 1.807) is 4.90 Å². The molecule has 2 aliphatic heterocycles. The third-order valence-corrected chi connectivity index (χ3v) is 6.33. The average Bonchev–Trinajstić information content (AvgIpc) is 3.33. The molecule has 8 heteroatoms. The molecule has 2 unspecified atom stereocenters. The second kappa shape index (κ2) is 12.5. The second-order valence-corrected chi connectivity index (χ2v) is 9.36. The normalized spacial score (nSPS) is 19.2. The van der Waals surface area contributed by atoms with E-state index < -0.39 is 0 Å². The van der Waals surface area contributed by atoms with E-state index in [0.29, 0.717) is 26.1 Å². The summed E-state index contributed by atoms with van der Waals surface area (Å²) in [4.78, 5) is 41.1. The zero-order valence-electron chi connectivity index (χ0n) is 20.1. The minimum absolute atomic E-state index is 0.0738. The highest BCUT2D eigenvalue weighted by molar-refractivity contribution is 5.92. The molecule has 2 heterocycles. The van der Waals surface area contributed by atoms with Gasteiger partial charge in [0.1, 0.15) is 0 Å². The van der Waals surface area contributed by atoms with Crippen LogP contribution in [0.3, 0.4) is 0 Å². The van der Waals surface area contributed by atoms with Crippen molar-refractivity contribution in [3.63, 3.8) is 0 Å². The molecule has 0 bridgehead atoms. The summed E-state index contributed by atoms with van der Waals surface area (Å²) in [5.74, 6) is 0.230. The molecule has 1 aromatic carbocycles. The van der Waals surface area contributed by atoms with Gasteiger partial charge >= 0.3 is 6.03 Å². The van der Waals surface area contributed by atoms with Crippen LogP contribution in [0, 0.1) is 5.92 Å². The number of carbonyl (C=O) groups excluding carboxylic acids is 3. The summed E-state index contributed by atoms with van der Waals surface area (Å²) in [6, 6.07) is 7.53. The minimum Gasteiger partial charge on any atom is -0.371 e. The van der Waals surface area contributed by atoms with E-state index in [1.807, 2.05) is 32.0 Å². The zero-order chi connectivity index (χ0) is 23.6. The number of likely N-dealkylation sites (tertiary alicyclic amines) is 1. The number of hydrogen-bond acceptors (Lipinski definition) is 4. The number of urea groups is 1. The van der Waals surface area contributed by atoms with Crippen LogP contribution in [0.1, 0.15) is 58.8 Å². The van der Waals surface area contributed by atoms with Crippen LogP contribution >= 0.6 is 0 Å². The molecule has 2 fully saturated rings. The predicted octanol–water partition coefficient (Wildman–Crippen LogP) is 3.34. The van der Waals surface area contributed by atoms with Gasteiger partial charge in [0.2, 0.25) is 11.8 Å². The molecular weight excluding hydrogens is 418 g/mol. The number of hydrogen-bond donors (Lipinski definition) is 3. The molecule has 3 N–H and O–H groups in total. The first-order valence-corrected chi connectivity index (χ1v) is 12.4. The van der Waals surface area contributed by atoms with E-state index in [-0.39, 0.29) is 36.2 Å². The van der Waals surface area contributed by atoms with Crippen molar-refractivity contribution in [2.75, 3.05) is 42.9 Å². The maximum atomic E-state index is 12.7. The first-order chi connectivity index (χ1) is 15.9. The van der Waals surface area contributed by atoms with Crippen molar-refractivity contribution in [2.24, 2.45) is 5.92 Å². The molecule has 4 amide bonds. The Hall–Kier alpha value is -2.77. The summed E-state index contributed by atoms with van der Waals surface area (Å²) < 4.78 is 0. The number of nitrogens with one attached hydrogen (secondary N) is 3. The summed E-state index contributed by atoms with van der Waals surface area (Å²) in [7, 11) is 0. The molecule has 0 radical (unpaired) electrons. The van der Waals surface area contributed by atoms with Gasteiger partial charge in [0.05, 0.1) is 0 Å². The lowest BCUT2D eigenvalue weighted by Crippen LogP contribution is -2.50. The lowest BCUT2D eigenvalue weighted by atomic mass is 9.98. The zero-order valence-corrected chi connectivity index (χ0v) is 20.1. The van der Waals surface area contributed by atoms with Gasteiger partial charge in [-0.2, -0.15) is 0 Å². The molecular formula is C25H39N5O3. The van der Waals surface area contributed by atoms with E-state index in [1.165, 1.54) is 12.8 Å². The lowest BCUT2D eigenvalue weighted by molar-refractivity contribution is -0.121. The SMILES string of the molecule is CCCC(=O)NCC1CCCN(C(=O)NC(C)CC(=O)Nc2cccc(N3CCCC3)c2)C1. The van der Waals surface area contributed by atoms with Gasteiger partial charge in [0.15, 0.2) is 0 Å². The van der Waals surface area contributed by atoms with E-state index in [2.05, 4.69) is 26.9 Å². The maximum Gasteiger partial charge on any atom is 0.317 e. The molecule has 1 aromatic rings. The number of amides is 4. The molecule has 2 saturated heterocycles. The Bertz CT molecular complexity index is 809.